The Labute approximate surface area is 104 Å². The van der Waals surface area contributed by atoms with Gasteiger partial charge in [0.25, 0.3) is 0 Å². The van der Waals surface area contributed by atoms with E-state index in [1.54, 1.807) is 0 Å². The molecule has 1 aliphatic rings. The van der Waals surface area contributed by atoms with Crippen LogP contribution >= 0.6 is 0 Å². The van der Waals surface area contributed by atoms with Crippen LogP contribution in [0, 0.1) is 5.92 Å². The first-order chi connectivity index (χ1) is 8.00. The largest absolute Gasteiger partial charge is 0.480 e. The maximum Gasteiger partial charge on any atom is 0.323 e. The average Bonchev–Trinajstić information content (AvgIpc) is 2.26. The molecule has 100 valence electrons. The first-order valence-electron chi connectivity index (χ1n) is 6.59. The van der Waals surface area contributed by atoms with Gasteiger partial charge in [0, 0.05) is 12.6 Å². The highest BCUT2D eigenvalue weighted by Gasteiger charge is 2.42. The number of aliphatic carboxylic acids is 1. The van der Waals surface area contributed by atoms with Gasteiger partial charge < -0.3 is 9.84 Å². The minimum absolute atomic E-state index is 0.0800. The minimum Gasteiger partial charge on any atom is -0.480 e. The second-order valence-corrected chi connectivity index (χ2v) is 5.29. The van der Waals surface area contributed by atoms with Crippen molar-refractivity contribution in [3.05, 3.63) is 0 Å². The van der Waals surface area contributed by atoms with Crippen molar-refractivity contribution in [2.45, 2.75) is 58.0 Å². The molecule has 0 aromatic rings. The van der Waals surface area contributed by atoms with Crippen molar-refractivity contribution >= 4 is 5.97 Å². The molecule has 0 spiro atoms. The van der Waals surface area contributed by atoms with Crippen LogP contribution in [-0.2, 0) is 9.53 Å². The third-order valence-electron chi connectivity index (χ3n) is 3.50. The fraction of sp³-hybridized carbons (Fsp3) is 0.923. The lowest BCUT2D eigenvalue weighted by Gasteiger charge is -2.39. The Bertz CT molecular complexity index is 257. The lowest BCUT2D eigenvalue weighted by Crippen LogP contribution is -2.58. The molecule has 3 unspecified atom stereocenters. The summed E-state index contributed by atoms with van der Waals surface area (Å²) in [5.74, 6) is -0.237. The second-order valence-electron chi connectivity index (χ2n) is 5.29. The molecule has 0 radical (unpaired) electrons. The topological polar surface area (TPSA) is 58.6 Å². The Morgan fingerprint density at radius 3 is 2.88 bits per heavy atom. The molecule has 2 N–H and O–H groups in total. The summed E-state index contributed by atoms with van der Waals surface area (Å²) in [7, 11) is 0. The van der Waals surface area contributed by atoms with Crippen molar-refractivity contribution in [1.82, 2.24) is 5.32 Å². The summed E-state index contributed by atoms with van der Waals surface area (Å²) < 4.78 is 5.33. The molecule has 0 saturated heterocycles. The summed E-state index contributed by atoms with van der Waals surface area (Å²) in [6.45, 7) is 7.30. The van der Waals surface area contributed by atoms with Gasteiger partial charge in [-0.2, -0.15) is 0 Å². The molecule has 0 heterocycles. The number of rotatable bonds is 6. The monoisotopic (exact) mass is 243 g/mol. The number of hydrogen-bond acceptors (Lipinski definition) is 3. The van der Waals surface area contributed by atoms with Crippen LogP contribution in [-0.4, -0.2) is 35.9 Å². The highest BCUT2D eigenvalue weighted by Crippen LogP contribution is 2.32. The molecule has 3 atom stereocenters. The molecule has 1 rings (SSSR count). The summed E-state index contributed by atoms with van der Waals surface area (Å²) >= 11 is 0. The van der Waals surface area contributed by atoms with Crippen molar-refractivity contribution in [1.29, 1.82) is 0 Å². The number of nitrogens with one attached hydrogen (secondary N) is 1. The Morgan fingerprint density at radius 1 is 1.65 bits per heavy atom. The lowest BCUT2D eigenvalue weighted by atomic mass is 9.76. The Balaban J connectivity index is 2.61. The van der Waals surface area contributed by atoms with Crippen LogP contribution in [0.15, 0.2) is 0 Å². The fourth-order valence-corrected chi connectivity index (χ4v) is 2.75. The maximum atomic E-state index is 11.5. The highest BCUT2D eigenvalue weighted by molar-refractivity contribution is 5.79. The van der Waals surface area contributed by atoms with Crippen molar-refractivity contribution in [2.75, 3.05) is 13.2 Å². The third-order valence-corrected chi connectivity index (χ3v) is 3.50. The average molecular weight is 243 g/mol. The van der Waals surface area contributed by atoms with Crippen LogP contribution in [0.4, 0.5) is 0 Å². The van der Waals surface area contributed by atoms with Crippen molar-refractivity contribution in [3.8, 4) is 0 Å². The van der Waals surface area contributed by atoms with Crippen LogP contribution in [0.2, 0.25) is 0 Å². The number of carbonyl (C=O) groups is 1. The number of ether oxygens (including phenoxy) is 1. The summed E-state index contributed by atoms with van der Waals surface area (Å²) in [6.07, 6.45) is 3.57. The standard InChI is InChI=1S/C13H25NO3/c1-4-17-9-11(3)14-13(12(15)16)7-5-6-10(2)8-13/h10-11,14H,4-9H2,1-3H3,(H,15,16). The van der Waals surface area contributed by atoms with Gasteiger partial charge in [-0.25, -0.2) is 0 Å². The van der Waals surface area contributed by atoms with Crippen molar-refractivity contribution < 1.29 is 14.6 Å². The van der Waals surface area contributed by atoms with E-state index in [0.717, 1.165) is 25.7 Å². The Morgan fingerprint density at radius 2 is 2.35 bits per heavy atom. The van der Waals surface area contributed by atoms with E-state index >= 15 is 0 Å². The van der Waals surface area contributed by atoms with Crippen LogP contribution in [0.25, 0.3) is 0 Å². The molecule has 1 aliphatic carbocycles. The van der Waals surface area contributed by atoms with E-state index in [0.29, 0.717) is 19.1 Å². The molecule has 0 aromatic heterocycles. The molecule has 17 heavy (non-hydrogen) atoms. The van der Waals surface area contributed by atoms with Crippen LogP contribution < -0.4 is 5.32 Å². The SMILES string of the molecule is CCOCC(C)NC1(C(=O)O)CCCC(C)C1. The molecule has 4 heteroatoms. The van der Waals surface area contributed by atoms with E-state index in [-0.39, 0.29) is 6.04 Å². The number of carboxylic acid groups (broad SMARTS) is 1. The van der Waals surface area contributed by atoms with Gasteiger partial charge in [-0.1, -0.05) is 19.8 Å². The van der Waals surface area contributed by atoms with Gasteiger partial charge >= 0.3 is 5.97 Å². The van der Waals surface area contributed by atoms with E-state index in [1.807, 2.05) is 13.8 Å². The fourth-order valence-electron chi connectivity index (χ4n) is 2.75. The minimum atomic E-state index is -0.742. The predicted molar refractivity (Wildman–Crippen MR) is 67.1 cm³/mol. The van der Waals surface area contributed by atoms with Gasteiger partial charge in [-0.3, -0.25) is 10.1 Å². The molecule has 0 bridgehead atoms. The predicted octanol–water partition coefficient (Wildman–Crippen LogP) is 2.03. The van der Waals surface area contributed by atoms with Crippen LogP contribution in [0.3, 0.4) is 0 Å². The summed E-state index contributed by atoms with van der Waals surface area (Å²) in [5.41, 5.74) is -0.742. The van der Waals surface area contributed by atoms with Gasteiger partial charge in [0.15, 0.2) is 0 Å². The quantitative estimate of drug-likeness (QED) is 0.749. The lowest BCUT2D eigenvalue weighted by molar-refractivity contribution is -0.147. The second kappa shape index (κ2) is 6.36. The van der Waals surface area contributed by atoms with Crippen LogP contribution in [0.5, 0.6) is 0 Å². The first kappa shape index (κ1) is 14.5. The van der Waals surface area contributed by atoms with E-state index in [1.165, 1.54) is 0 Å². The molecule has 0 aliphatic heterocycles. The maximum absolute atomic E-state index is 11.5. The number of carboxylic acids is 1. The Hall–Kier alpha value is -0.610. The molecular weight excluding hydrogens is 218 g/mol. The normalized spacial score (nSPS) is 31.1. The molecule has 0 amide bonds. The molecular formula is C13H25NO3. The van der Waals surface area contributed by atoms with E-state index < -0.39 is 11.5 Å². The van der Waals surface area contributed by atoms with E-state index in [2.05, 4.69) is 12.2 Å². The molecule has 4 nitrogen and oxygen atoms in total. The van der Waals surface area contributed by atoms with Gasteiger partial charge in [0.1, 0.15) is 5.54 Å². The third kappa shape index (κ3) is 3.96. The summed E-state index contributed by atoms with van der Waals surface area (Å²) in [4.78, 5) is 11.5. The van der Waals surface area contributed by atoms with Crippen molar-refractivity contribution in [2.24, 2.45) is 5.92 Å². The van der Waals surface area contributed by atoms with E-state index in [9.17, 15) is 9.90 Å². The van der Waals surface area contributed by atoms with Crippen LogP contribution in [0.1, 0.15) is 46.5 Å². The van der Waals surface area contributed by atoms with Gasteiger partial charge in [0.05, 0.1) is 6.61 Å². The zero-order valence-electron chi connectivity index (χ0n) is 11.2. The van der Waals surface area contributed by atoms with E-state index in [4.69, 9.17) is 4.74 Å². The molecule has 0 aromatic carbocycles. The zero-order valence-corrected chi connectivity index (χ0v) is 11.2. The smallest absolute Gasteiger partial charge is 0.323 e. The highest BCUT2D eigenvalue weighted by atomic mass is 16.5. The van der Waals surface area contributed by atoms with Gasteiger partial charge in [0.2, 0.25) is 0 Å². The first-order valence-corrected chi connectivity index (χ1v) is 6.59. The summed E-state index contributed by atoms with van der Waals surface area (Å²) in [6, 6.07) is 0.0800. The Kier molecular flexibility index (Phi) is 5.40. The zero-order chi connectivity index (χ0) is 12.9. The molecule has 1 saturated carbocycles. The summed E-state index contributed by atoms with van der Waals surface area (Å²) in [5, 5.41) is 12.7. The van der Waals surface area contributed by atoms with Gasteiger partial charge in [-0.15, -0.1) is 0 Å². The molecule has 1 fully saturated rings. The van der Waals surface area contributed by atoms with Gasteiger partial charge in [-0.05, 0) is 32.6 Å². The number of hydrogen-bond donors (Lipinski definition) is 2. The van der Waals surface area contributed by atoms with Crippen molar-refractivity contribution in [3.63, 3.8) is 0 Å².